The third-order valence-corrected chi connectivity index (χ3v) is 6.08. The fourth-order valence-corrected chi connectivity index (χ4v) is 4.01. The van der Waals surface area contributed by atoms with Crippen molar-refractivity contribution in [3.05, 3.63) is 64.8 Å². The molecule has 25 heavy (non-hydrogen) atoms. The summed E-state index contributed by atoms with van der Waals surface area (Å²) in [6, 6.07) is 10.6. The largest absolute Gasteiger partial charge is 0.457 e. The Morgan fingerprint density at radius 3 is 2.76 bits per heavy atom. The average molecular weight is 379 g/mol. The van der Waals surface area contributed by atoms with Crippen molar-refractivity contribution >= 4 is 37.4 Å². The van der Waals surface area contributed by atoms with E-state index in [1.54, 1.807) is 0 Å². The van der Waals surface area contributed by atoms with Crippen LogP contribution in [0.4, 0.5) is 4.39 Å². The second-order valence-corrected chi connectivity index (χ2v) is 7.98. The lowest BCUT2D eigenvalue weighted by Crippen LogP contribution is -2.19. The van der Waals surface area contributed by atoms with Gasteiger partial charge in [-0.05, 0) is 42.1 Å². The third-order valence-electron chi connectivity index (χ3n) is 3.66. The van der Waals surface area contributed by atoms with E-state index in [-0.39, 0.29) is 11.5 Å². The second kappa shape index (κ2) is 6.91. The lowest BCUT2D eigenvalue weighted by Gasteiger charge is -2.08. The first-order chi connectivity index (χ1) is 11.9. The Morgan fingerprint density at radius 1 is 1.24 bits per heavy atom. The molecule has 8 heteroatoms. The first-order valence-corrected chi connectivity index (χ1v) is 9.64. The van der Waals surface area contributed by atoms with Crippen LogP contribution < -0.4 is 4.72 Å². The highest BCUT2D eigenvalue weighted by Crippen LogP contribution is 2.26. The van der Waals surface area contributed by atoms with Gasteiger partial charge in [-0.3, -0.25) is 0 Å². The van der Waals surface area contributed by atoms with Crippen LogP contribution in [-0.2, 0) is 21.4 Å². The van der Waals surface area contributed by atoms with Crippen LogP contribution >= 0.6 is 11.3 Å². The SMILES string of the molecule is CNS(=O)(=O)c1ccc(F)c(C(=O)OCc2csc3ccccc23)c1. The van der Waals surface area contributed by atoms with Crippen molar-refractivity contribution in [1.29, 1.82) is 0 Å². The number of sulfonamides is 1. The highest BCUT2D eigenvalue weighted by atomic mass is 32.2. The molecule has 0 saturated carbocycles. The number of carbonyl (C=O) groups is 1. The number of carbonyl (C=O) groups excluding carboxylic acids is 1. The number of halogens is 1. The maximum atomic E-state index is 13.9. The number of benzene rings is 2. The highest BCUT2D eigenvalue weighted by Gasteiger charge is 2.19. The third kappa shape index (κ3) is 3.55. The Kier molecular flexibility index (Phi) is 4.85. The molecule has 3 rings (SSSR count). The molecule has 1 heterocycles. The van der Waals surface area contributed by atoms with Crippen molar-refractivity contribution in [2.75, 3.05) is 7.05 Å². The van der Waals surface area contributed by atoms with E-state index in [4.69, 9.17) is 4.74 Å². The quantitative estimate of drug-likeness (QED) is 0.691. The Morgan fingerprint density at radius 2 is 2.00 bits per heavy atom. The van der Waals surface area contributed by atoms with E-state index in [1.807, 2.05) is 29.6 Å². The molecule has 0 spiro atoms. The molecule has 0 unspecified atom stereocenters. The summed E-state index contributed by atoms with van der Waals surface area (Å²) in [6.45, 7) is -0.0225. The normalized spacial score (nSPS) is 11.6. The zero-order valence-corrected chi connectivity index (χ0v) is 14.8. The first-order valence-electron chi connectivity index (χ1n) is 7.27. The van der Waals surface area contributed by atoms with E-state index in [0.717, 1.165) is 33.8 Å². The monoisotopic (exact) mass is 379 g/mol. The number of rotatable bonds is 5. The van der Waals surface area contributed by atoms with Crippen molar-refractivity contribution in [2.45, 2.75) is 11.5 Å². The summed E-state index contributed by atoms with van der Waals surface area (Å²) in [7, 11) is -2.55. The molecule has 130 valence electrons. The molecule has 0 aliphatic rings. The molecule has 1 aromatic heterocycles. The molecule has 0 atom stereocenters. The van der Waals surface area contributed by atoms with E-state index >= 15 is 0 Å². The van der Waals surface area contributed by atoms with Crippen LogP contribution in [0.25, 0.3) is 10.1 Å². The predicted octanol–water partition coefficient (Wildman–Crippen LogP) is 3.31. The minimum absolute atomic E-state index is 0.0225. The van der Waals surface area contributed by atoms with Gasteiger partial charge in [-0.1, -0.05) is 18.2 Å². The molecule has 2 aromatic carbocycles. The van der Waals surface area contributed by atoms with Gasteiger partial charge < -0.3 is 4.74 Å². The smallest absolute Gasteiger partial charge is 0.341 e. The number of thiophene rings is 1. The summed E-state index contributed by atoms with van der Waals surface area (Å²) in [5, 5.41) is 2.84. The van der Waals surface area contributed by atoms with Gasteiger partial charge >= 0.3 is 5.97 Å². The molecule has 1 N–H and O–H groups in total. The summed E-state index contributed by atoms with van der Waals surface area (Å²) >= 11 is 1.52. The van der Waals surface area contributed by atoms with Crippen LogP contribution in [0.5, 0.6) is 0 Å². The van der Waals surface area contributed by atoms with Crippen LogP contribution in [0.1, 0.15) is 15.9 Å². The second-order valence-electron chi connectivity index (χ2n) is 5.18. The lowest BCUT2D eigenvalue weighted by atomic mass is 10.2. The minimum Gasteiger partial charge on any atom is -0.457 e. The van der Waals surface area contributed by atoms with E-state index in [9.17, 15) is 17.6 Å². The van der Waals surface area contributed by atoms with Crippen molar-refractivity contribution in [1.82, 2.24) is 4.72 Å². The molecule has 0 bridgehead atoms. The summed E-state index contributed by atoms with van der Waals surface area (Å²) in [5.74, 6) is -1.75. The van der Waals surface area contributed by atoms with Gasteiger partial charge in [0, 0.05) is 10.3 Å². The van der Waals surface area contributed by atoms with Gasteiger partial charge in [0.05, 0.1) is 10.5 Å². The van der Waals surface area contributed by atoms with Gasteiger partial charge in [0.25, 0.3) is 0 Å². The molecular formula is C17H14FNO4S2. The minimum atomic E-state index is -3.78. The van der Waals surface area contributed by atoms with Gasteiger partial charge in [0.2, 0.25) is 10.0 Å². The van der Waals surface area contributed by atoms with Crippen LogP contribution in [0.15, 0.2) is 52.7 Å². The molecule has 0 aliphatic carbocycles. The standard InChI is InChI=1S/C17H14FNO4S2/c1-19-25(21,22)12-6-7-15(18)14(8-12)17(20)23-9-11-10-24-16-5-3-2-4-13(11)16/h2-8,10,19H,9H2,1H3. The summed E-state index contributed by atoms with van der Waals surface area (Å²) in [4.78, 5) is 12.0. The van der Waals surface area contributed by atoms with Crippen molar-refractivity contribution in [2.24, 2.45) is 0 Å². The van der Waals surface area contributed by atoms with Crippen molar-refractivity contribution in [3.63, 3.8) is 0 Å². The van der Waals surface area contributed by atoms with E-state index in [0.29, 0.717) is 0 Å². The number of hydrogen-bond donors (Lipinski definition) is 1. The maximum Gasteiger partial charge on any atom is 0.341 e. The van der Waals surface area contributed by atoms with Gasteiger partial charge in [0.15, 0.2) is 0 Å². The Balaban J connectivity index is 1.83. The molecule has 0 saturated heterocycles. The molecule has 0 aliphatic heterocycles. The molecule has 0 fully saturated rings. The number of nitrogens with one attached hydrogen (secondary N) is 1. The van der Waals surface area contributed by atoms with Gasteiger partial charge in [-0.25, -0.2) is 22.3 Å². The number of esters is 1. The first kappa shape index (κ1) is 17.5. The van der Waals surface area contributed by atoms with Crippen LogP contribution in [-0.4, -0.2) is 21.4 Å². The van der Waals surface area contributed by atoms with Crippen molar-refractivity contribution in [3.8, 4) is 0 Å². The van der Waals surface area contributed by atoms with E-state index in [2.05, 4.69) is 4.72 Å². The molecule has 0 amide bonds. The van der Waals surface area contributed by atoms with Gasteiger partial charge in [-0.2, -0.15) is 0 Å². The molecule has 3 aromatic rings. The molecular weight excluding hydrogens is 365 g/mol. The summed E-state index contributed by atoms with van der Waals surface area (Å²) < 4.78 is 45.9. The fourth-order valence-electron chi connectivity index (χ4n) is 2.31. The van der Waals surface area contributed by atoms with E-state index < -0.39 is 27.4 Å². The number of hydrogen-bond acceptors (Lipinski definition) is 5. The Hall–Kier alpha value is -2.29. The highest BCUT2D eigenvalue weighted by molar-refractivity contribution is 7.89. The fraction of sp³-hybridized carbons (Fsp3) is 0.118. The zero-order chi connectivity index (χ0) is 18.0. The van der Waals surface area contributed by atoms with Crippen molar-refractivity contribution < 1.29 is 22.3 Å². The molecule has 5 nitrogen and oxygen atoms in total. The zero-order valence-electron chi connectivity index (χ0n) is 13.2. The number of fused-ring (bicyclic) bond motifs is 1. The Labute approximate surface area is 148 Å². The summed E-state index contributed by atoms with van der Waals surface area (Å²) in [6.07, 6.45) is 0. The van der Waals surface area contributed by atoms with Gasteiger partial charge in [-0.15, -0.1) is 11.3 Å². The average Bonchev–Trinajstić information content (AvgIpc) is 3.03. The van der Waals surface area contributed by atoms with Crippen LogP contribution in [0, 0.1) is 5.82 Å². The topological polar surface area (TPSA) is 72.5 Å². The van der Waals surface area contributed by atoms with Crippen LogP contribution in [0.3, 0.4) is 0 Å². The molecule has 0 radical (unpaired) electrons. The van der Waals surface area contributed by atoms with E-state index in [1.165, 1.54) is 18.4 Å². The maximum absolute atomic E-state index is 13.9. The Bertz CT molecular complexity index is 1040. The number of ether oxygens (including phenoxy) is 1. The van der Waals surface area contributed by atoms with Crippen LogP contribution in [0.2, 0.25) is 0 Å². The predicted molar refractivity (Wildman–Crippen MR) is 93.6 cm³/mol. The van der Waals surface area contributed by atoms with Gasteiger partial charge in [0.1, 0.15) is 12.4 Å². The lowest BCUT2D eigenvalue weighted by molar-refractivity contribution is 0.0469. The summed E-state index contributed by atoms with van der Waals surface area (Å²) in [5.41, 5.74) is 0.393.